The second-order valence-corrected chi connectivity index (χ2v) is 13.7. The molecule has 0 amide bonds. The summed E-state index contributed by atoms with van der Waals surface area (Å²) in [4.78, 5) is 42.1. The number of nitrogens with one attached hydrogen (secondary N) is 2. The molecule has 7 aromatic rings. The van der Waals surface area contributed by atoms with Gasteiger partial charge in [0.15, 0.2) is 12.4 Å². The summed E-state index contributed by atoms with van der Waals surface area (Å²) >= 11 is 0. The highest BCUT2D eigenvalue weighted by Crippen LogP contribution is 2.38. The smallest absolute Gasteiger partial charge is 0.303 e. The summed E-state index contributed by atoms with van der Waals surface area (Å²) in [5, 5.41) is 9.01. The predicted octanol–water partition coefficient (Wildman–Crippen LogP) is 6.45. The van der Waals surface area contributed by atoms with E-state index < -0.39 is 5.97 Å². The summed E-state index contributed by atoms with van der Waals surface area (Å²) in [6, 6.07) is 24.8. The van der Waals surface area contributed by atoms with Gasteiger partial charge in [-0.05, 0) is 120 Å². The number of pyridine rings is 4. The van der Waals surface area contributed by atoms with Gasteiger partial charge in [-0.2, -0.15) is 0 Å². The lowest BCUT2D eigenvalue weighted by molar-refractivity contribution is -0.697. The van der Waals surface area contributed by atoms with E-state index in [0.717, 1.165) is 109 Å². The Labute approximate surface area is 339 Å². The van der Waals surface area contributed by atoms with Gasteiger partial charge in [0.2, 0.25) is 0 Å². The van der Waals surface area contributed by atoms with Gasteiger partial charge in [0, 0.05) is 106 Å². The van der Waals surface area contributed by atoms with Crippen molar-refractivity contribution in [3.8, 4) is 44.5 Å². The zero-order chi connectivity index (χ0) is 37.8. The number of H-pyrrole nitrogens is 2. The zero-order valence-corrected chi connectivity index (χ0v) is 32.4. The SMILES string of the molecule is O=C(O)CCCCC[n+]1ccc(-c2c3nc(c(-c4ccncc4)c4ccc([nH]4)c(-c4ccncc4)c4nc(c(-c5ccncc5)c5ccc2[nH]5)C=C4)C=C3)cc1.[Br-]. The van der Waals surface area contributed by atoms with Crippen LogP contribution in [-0.4, -0.2) is 46.0 Å². The Kier molecular flexibility index (Phi) is 10.7. The monoisotopic (exact) mass is 812 g/mol. The number of aromatic amines is 2. The standard InChI is InChI=1S/C46H36N8O2.BrH/c55-42(56)4-2-1-3-27-54-28-19-33(20-29-54)46-40-11-9-38(52-40)44(31-15-23-48-24-16-31)36-7-5-34(50-36)43(30-13-21-47-22-14-30)35-6-8-37(51-35)45(32-17-25-49-26-18-32)39-10-12-41(46)53-39;/h5-26,28-29H,1-4,27H2,(H2,50,51,52,53,55,56);1H. The molecule has 0 atom stereocenters. The van der Waals surface area contributed by atoms with Crippen LogP contribution in [-0.2, 0) is 11.3 Å². The fraction of sp³-hybridized carbons (Fsp3) is 0.109. The molecule has 3 N–H and O–H groups in total. The number of aliphatic carboxylic acids is 1. The van der Waals surface area contributed by atoms with Crippen LogP contribution in [0.5, 0.6) is 0 Å². The average Bonchev–Trinajstić information content (AvgIpc) is 4.08. The fourth-order valence-electron chi connectivity index (χ4n) is 7.50. The molecule has 0 unspecified atom stereocenters. The first kappa shape index (κ1) is 37.1. The Morgan fingerprint density at radius 3 is 1.19 bits per heavy atom. The van der Waals surface area contributed by atoms with Crippen molar-refractivity contribution in [2.45, 2.75) is 32.2 Å². The summed E-state index contributed by atoms with van der Waals surface area (Å²) in [5.74, 6) is -0.747. The second kappa shape index (κ2) is 16.5. The molecule has 8 bridgehead atoms. The first-order valence-electron chi connectivity index (χ1n) is 18.7. The third kappa shape index (κ3) is 7.70. The highest BCUT2D eigenvalue weighted by molar-refractivity contribution is 5.99. The molecule has 0 radical (unpaired) electrons. The van der Waals surface area contributed by atoms with Crippen LogP contribution in [0.4, 0.5) is 0 Å². The molecule has 0 aliphatic carbocycles. The van der Waals surface area contributed by atoms with Gasteiger partial charge in [-0.1, -0.05) is 0 Å². The lowest BCUT2D eigenvalue weighted by Gasteiger charge is -2.06. The maximum Gasteiger partial charge on any atom is 0.303 e. The van der Waals surface area contributed by atoms with Gasteiger partial charge in [0.25, 0.3) is 0 Å². The first-order valence-corrected chi connectivity index (χ1v) is 18.7. The van der Waals surface area contributed by atoms with Crippen LogP contribution in [0.1, 0.15) is 48.5 Å². The number of unbranched alkanes of at least 4 members (excludes halogenated alkanes) is 2. The maximum absolute atomic E-state index is 11.0. The molecule has 2 aliphatic heterocycles. The Morgan fingerprint density at radius 2 is 0.842 bits per heavy atom. The topological polar surface area (TPSA) is 137 Å². The molecule has 280 valence electrons. The number of carboxylic acid groups (broad SMARTS) is 1. The van der Waals surface area contributed by atoms with Crippen LogP contribution >= 0.6 is 0 Å². The molecule has 0 aromatic carbocycles. The lowest BCUT2D eigenvalue weighted by Crippen LogP contribution is -3.00. The minimum absolute atomic E-state index is 0. The number of carbonyl (C=O) groups is 1. The number of hydrogen-bond donors (Lipinski definition) is 3. The number of carboxylic acids is 1. The van der Waals surface area contributed by atoms with Crippen molar-refractivity contribution in [1.29, 1.82) is 0 Å². The molecule has 7 aromatic heterocycles. The van der Waals surface area contributed by atoms with Crippen molar-refractivity contribution in [2.24, 2.45) is 0 Å². The summed E-state index contributed by atoms with van der Waals surface area (Å²) < 4.78 is 2.15. The predicted molar refractivity (Wildman–Crippen MR) is 220 cm³/mol. The van der Waals surface area contributed by atoms with Gasteiger partial charge >= 0.3 is 5.97 Å². The van der Waals surface area contributed by atoms with E-state index in [0.29, 0.717) is 6.42 Å². The number of rotatable bonds is 10. The molecule has 11 heteroatoms. The Hall–Kier alpha value is -6.85. The van der Waals surface area contributed by atoms with Crippen LogP contribution < -0.4 is 21.5 Å². The van der Waals surface area contributed by atoms with Gasteiger partial charge in [0.1, 0.15) is 6.54 Å². The van der Waals surface area contributed by atoms with E-state index in [-0.39, 0.29) is 23.4 Å². The van der Waals surface area contributed by atoms with Crippen LogP contribution in [0.15, 0.2) is 122 Å². The quantitative estimate of drug-likeness (QED) is 0.107. The highest BCUT2D eigenvalue weighted by atomic mass is 79.9. The summed E-state index contributed by atoms with van der Waals surface area (Å²) in [7, 11) is 0. The van der Waals surface area contributed by atoms with Crippen molar-refractivity contribution in [3.63, 3.8) is 0 Å². The minimum Gasteiger partial charge on any atom is -1.00 e. The third-order valence-corrected chi connectivity index (χ3v) is 10.1. The van der Waals surface area contributed by atoms with Crippen molar-refractivity contribution >= 4 is 52.3 Å². The Balaban J connectivity index is 0.00000455. The molecule has 0 spiro atoms. The van der Waals surface area contributed by atoms with Crippen molar-refractivity contribution < 1.29 is 31.4 Å². The molecule has 2 aliphatic rings. The van der Waals surface area contributed by atoms with Crippen LogP contribution in [0.25, 0.3) is 90.9 Å². The zero-order valence-electron chi connectivity index (χ0n) is 30.8. The van der Waals surface area contributed by atoms with Crippen LogP contribution in [0.2, 0.25) is 0 Å². The molecule has 10 nitrogen and oxygen atoms in total. The van der Waals surface area contributed by atoms with E-state index in [2.05, 4.69) is 103 Å². The number of nitrogens with zero attached hydrogens (tertiary/aromatic N) is 6. The van der Waals surface area contributed by atoms with Gasteiger partial charge < -0.3 is 32.1 Å². The van der Waals surface area contributed by atoms with Crippen molar-refractivity contribution in [2.75, 3.05) is 0 Å². The van der Waals surface area contributed by atoms with Crippen molar-refractivity contribution in [3.05, 3.63) is 145 Å². The number of halogens is 1. The molecule has 0 saturated heterocycles. The fourth-order valence-corrected chi connectivity index (χ4v) is 7.50. The molecular weight excluding hydrogens is 776 g/mol. The number of aromatic nitrogens is 8. The molecule has 9 heterocycles. The van der Waals surface area contributed by atoms with Gasteiger partial charge in [0.05, 0.1) is 22.8 Å². The third-order valence-electron chi connectivity index (χ3n) is 10.1. The second-order valence-electron chi connectivity index (χ2n) is 13.7. The number of fused-ring (bicyclic) bond motifs is 8. The normalized spacial score (nSPS) is 11.7. The van der Waals surface area contributed by atoms with E-state index in [9.17, 15) is 4.79 Å². The molecule has 0 saturated carbocycles. The van der Waals surface area contributed by atoms with Crippen molar-refractivity contribution in [1.82, 2.24) is 34.9 Å². The summed E-state index contributed by atoms with van der Waals surface area (Å²) in [6.45, 7) is 0.808. The van der Waals surface area contributed by atoms with Gasteiger partial charge in [-0.25, -0.2) is 14.5 Å². The number of aryl methyl sites for hydroxylation is 1. The largest absolute Gasteiger partial charge is 1.00 e. The summed E-state index contributed by atoms with van der Waals surface area (Å²) in [6.07, 6.45) is 26.0. The van der Waals surface area contributed by atoms with E-state index in [1.165, 1.54) is 0 Å². The minimum atomic E-state index is -0.747. The van der Waals surface area contributed by atoms with E-state index >= 15 is 0 Å². The number of hydrogen-bond acceptors (Lipinski definition) is 6. The van der Waals surface area contributed by atoms with Crippen LogP contribution in [0.3, 0.4) is 0 Å². The molecule has 9 rings (SSSR count). The van der Waals surface area contributed by atoms with E-state index in [1.54, 1.807) is 37.2 Å². The van der Waals surface area contributed by atoms with Crippen LogP contribution in [0, 0.1) is 0 Å². The van der Waals surface area contributed by atoms with E-state index in [1.807, 2.05) is 36.4 Å². The molecule has 57 heavy (non-hydrogen) atoms. The lowest BCUT2D eigenvalue weighted by atomic mass is 10.0. The highest BCUT2D eigenvalue weighted by Gasteiger charge is 2.19. The maximum atomic E-state index is 11.0. The first-order chi connectivity index (χ1) is 27.6. The van der Waals surface area contributed by atoms with Gasteiger partial charge in [-0.15, -0.1) is 0 Å². The molecule has 0 fully saturated rings. The molecular formula is C46H37BrN8O2. The Morgan fingerprint density at radius 1 is 0.491 bits per heavy atom. The Bertz CT molecular complexity index is 2760. The van der Waals surface area contributed by atoms with E-state index in [4.69, 9.17) is 15.1 Å². The average molecular weight is 814 g/mol. The van der Waals surface area contributed by atoms with Gasteiger partial charge in [-0.3, -0.25) is 19.7 Å². The summed E-state index contributed by atoms with van der Waals surface area (Å²) in [5.41, 5.74) is 14.8.